The second kappa shape index (κ2) is 2.95. The Labute approximate surface area is 106 Å². The first-order valence-corrected chi connectivity index (χ1v) is 6.90. The predicted octanol–water partition coefficient (Wildman–Crippen LogP) is 4.19. The molecule has 0 saturated heterocycles. The monoisotopic (exact) mass is 230 g/mol. The molecule has 0 unspecified atom stereocenters. The van der Waals surface area contributed by atoms with E-state index in [9.17, 15) is 0 Å². The molecule has 5 rings (SSSR count). The number of hydrogen-bond donors (Lipinski definition) is 0. The summed E-state index contributed by atoms with van der Waals surface area (Å²) in [7, 11) is 0. The van der Waals surface area contributed by atoms with E-state index in [0.717, 1.165) is 0 Å². The molecule has 0 fully saturated rings. The summed E-state index contributed by atoms with van der Waals surface area (Å²) in [6.07, 6.45) is 5.22. The number of benzene rings is 3. The van der Waals surface area contributed by atoms with Crippen molar-refractivity contribution in [3.05, 3.63) is 58.7 Å². The average molecular weight is 230 g/mol. The van der Waals surface area contributed by atoms with Crippen LogP contribution in [0.15, 0.2) is 36.4 Å². The molecule has 2 aliphatic rings. The van der Waals surface area contributed by atoms with Crippen LogP contribution in [0.2, 0.25) is 0 Å². The predicted molar refractivity (Wildman–Crippen MR) is 76.3 cm³/mol. The Kier molecular flexibility index (Phi) is 1.50. The van der Waals surface area contributed by atoms with E-state index in [2.05, 4.69) is 36.4 Å². The second-order valence-corrected chi connectivity index (χ2v) is 5.66. The van der Waals surface area contributed by atoms with Crippen LogP contribution in [-0.4, -0.2) is 0 Å². The van der Waals surface area contributed by atoms with Gasteiger partial charge in [-0.1, -0.05) is 24.3 Å². The van der Waals surface area contributed by atoms with Gasteiger partial charge in [0.1, 0.15) is 0 Å². The third kappa shape index (κ3) is 0.940. The molecule has 0 nitrogen and oxygen atoms in total. The van der Waals surface area contributed by atoms with Crippen molar-refractivity contribution >= 4 is 21.5 Å². The van der Waals surface area contributed by atoms with E-state index in [1.54, 1.807) is 22.3 Å². The highest BCUT2D eigenvalue weighted by Gasteiger charge is 2.28. The minimum absolute atomic E-state index is 1.29. The molecular formula is C18H14. The highest BCUT2D eigenvalue weighted by molar-refractivity contribution is 6.03. The Balaban J connectivity index is 2.04. The lowest BCUT2D eigenvalue weighted by Crippen LogP contribution is -2.21. The van der Waals surface area contributed by atoms with Crippen LogP contribution in [0.1, 0.15) is 22.3 Å². The van der Waals surface area contributed by atoms with Gasteiger partial charge in [-0.05, 0) is 81.6 Å². The summed E-state index contributed by atoms with van der Waals surface area (Å²) >= 11 is 0. The van der Waals surface area contributed by atoms with Crippen LogP contribution in [0.5, 0.6) is 0 Å². The molecule has 0 atom stereocenters. The zero-order valence-electron chi connectivity index (χ0n) is 10.3. The number of fused-ring (bicyclic) bond motifs is 7. The van der Waals surface area contributed by atoms with Crippen molar-refractivity contribution in [3.8, 4) is 0 Å². The summed E-state index contributed by atoms with van der Waals surface area (Å²) in [6.45, 7) is 0. The Bertz CT molecular complexity index is 754. The zero-order valence-corrected chi connectivity index (χ0v) is 10.3. The molecule has 86 valence electrons. The minimum atomic E-state index is 1.29. The topological polar surface area (TPSA) is 0 Å². The molecule has 0 bridgehead atoms. The van der Waals surface area contributed by atoms with E-state index in [1.165, 1.54) is 47.2 Å². The van der Waals surface area contributed by atoms with Crippen LogP contribution in [0.4, 0.5) is 0 Å². The van der Waals surface area contributed by atoms with E-state index >= 15 is 0 Å². The maximum absolute atomic E-state index is 2.42. The molecule has 0 N–H and O–H groups in total. The summed E-state index contributed by atoms with van der Waals surface area (Å²) in [5.41, 5.74) is 6.68. The van der Waals surface area contributed by atoms with Gasteiger partial charge in [0.15, 0.2) is 0 Å². The average Bonchev–Trinajstić information content (AvgIpc) is 2.32. The van der Waals surface area contributed by atoms with Gasteiger partial charge in [-0.15, -0.1) is 0 Å². The van der Waals surface area contributed by atoms with Crippen molar-refractivity contribution in [3.63, 3.8) is 0 Å². The molecule has 0 heteroatoms. The smallest absolute Gasteiger partial charge is 0.0140 e. The maximum Gasteiger partial charge on any atom is -0.0140 e. The van der Waals surface area contributed by atoms with Gasteiger partial charge in [-0.2, -0.15) is 0 Å². The highest BCUT2D eigenvalue weighted by Crippen LogP contribution is 2.43. The lowest BCUT2D eigenvalue weighted by molar-refractivity contribution is 0.757. The van der Waals surface area contributed by atoms with Gasteiger partial charge in [0.25, 0.3) is 0 Å². The van der Waals surface area contributed by atoms with Crippen molar-refractivity contribution < 1.29 is 0 Å². The normalized spacial score (nSPS) is 16.0. The summed E-state index contributed by atoms with van der Waals surface area (Å²) in [6, 6.07) is 13.6. The third-order valence-electron chi connectivity index (χ3n) is 4.88. The number of rotatable bonds is 0. The molecule has 0 aliphatic heterocycles. The quantitative estimate of drug-likeness (QED) is 0.508. The van der Waals surface area contributed by atoms with Crippen molar-refractivity contribution in [1.82, 2.24) is 0 Å². The van der Waals surface area contributed by atoms with Crippen molar-refractivity contribution in [1.29, 1.82) is 0 Å². The van der Waals surface area contributed by atoms with Crippen LogP contribution in [-0.2, 0) is 25.7 Å². The second-order valence-electron chi connectivity index (χ2n) is 5.66. The molecular weight excluding hydrogens is 216 g/mol. The number of hydrogen-bond acceptors (Lipinski definition) is 0. The van der Waals surface area contributed by atoms with Crippen LogP contribution in [0.3, 0.4) is 0 Å². The Morgan fingerprint density at radius 1 is 0.556 bits per heavy atom. The molecule has 0 heterocycles. The van der Waals surface area contributed by atoms with E-state index < -0.39 is 0 Å². The third-order valence-corrected chi connectivity index (χ3v) is 4.88. The fourth-order valence-electron chi connectivity index (χ4n) is 3.75. The van der Waals surface area contributed by atoms with Gasteiger partial charge in [-0.3, -0.25) is 0 Å². The minimum Gasteiger partial charge on any atom is -0.0616 e. The van der Waals surface area contributed by atoms with Gasteiger partial charge in [0.05, 0.1) is 0 Å². The first kappa shape index (κ1) is 9.16. The largest absolute Gasteiger partial charge is 0.0616 e. The molecule has 3 aromatic carbocycles. The summed E-state index contributed by atoms with van der Waals surface area (Å²) in [4.78, 5) is 0. The van der Waals surface area contributed by atoms with Crippen LogP contribution in [0, 0.1) is 0 Å². The van der Waals surface area contributed by atoms with E-state index in [1.807, 2.05) is 0 Å². The standard InChI is InChI=1S/C18H14/c1-2-4-12-10-18-16-8-6-14(16)13-5-7-15(13)17(18)9-11(12)3-1/h1-4,9-10H,5-8H2. The van der Waals surface area contributed by atoms with E-state index in [4.69, 9.17) is 0 Å². The Morgan fingerprint density at radius 2 is 1.00 bits per heavy atom. The molecule has 0 saturated carbocycles. The van der Waals surface area contributed by atoms with Crippen molar-refractivity contribution in [2.75, 3.05) is 0 Å². The van der Waals surface area contributed by atoms with Crippen LogP contribution in [0.25, 0.3) is 21.5 Å². The molecule has 0 amide bonds. The van der Waals surface area contributed by atoms with Gasteiger partial charge >= 0.3 is 0 Å². The fraction of sp³-hybridized carbons (Fsp3) is 0.222. The first-order chi connectivity index (χ1) is 8.92. The van der Waals surface area contributed by atoms with Gasteiger partial charge < -0.3 is 0 Å². The summed E-state index contributed by atoms with van der Waals surface area (Å²) in [5, 5.41) is 5.85. The molecule has 0 radical (unpaired) electrons. The summed E-state index contributed by atoms with van der Waals surface area (Å²) < 4.78 is 0. The van der Waals surface area contributed by atoms with E-state index in [-0.39, 0.29) is 0 Å². The van der Waals surface area contributed by atoms with Crippen LogP contribution >= 0.6 is 0 Å². The van der Waals surface area contributed by atoms with Gasteiger partial charge in [-0.25, -0.2) is 0 Å². The first-order valence-electron chi connectivity index (χ1n) is 6.90. The van der Waals surface area contributed by atoms with Gasteiger partial charge in [0, 0.05) is 0 Å². The molecule has 0 aromatic heterocycles. The highest BCUT2D eigenvalue weighted by atomic mass is 14.3. The fourth-order valence-corrected chi connectivity index (χ4v) is 3.75. The van der Waals surface area contributed by atoms with E-state index in [0.29, 0.717) is 0 Å². The number of aryl methyl sites for hydroxylation is 2. The Morgan fingerprint density at radius 3 is 1.39 bits per heavy atom. The van der Waals surface area contributed by atoms with Gasteiger partial charge in [0.2, 0.25) is 0 Å². The molecule has 2 aliphatic carbocycles. The lowest BCUT2D eigenvalue weighted by Gasteiger charge is -2.33. The maximum atomic E-state index is 2.42. The Hall–Kier alpha value is -1.82. The zero-order chi connectivity index (χ0) is 11.7. The van der Waals surface area contributed by atoms with Crippen molar-refractivity contribution in [2.45, 2.75) is 25.7 Å². The van der Waals surface area contributed by atoms with Crippen LogP contribution < -0.4 is 0 Å². The lowest BCUT2D eigenvalue weighted by atomic mass is 9.71. The molecule has 0 spiro atoms. The summed E-state index contributed by atoms with van der Waals surface area (Å²) in [5.74, 6) is 0. The SMILES string of the molecule is c1ccc2cc3c4c(c5c(c3cc2c1)CC5)CC4. The molecule has 18 heavy (non-hydrogen) atoms. The molecule has 3 aromatic rings. The van der Waals surface area contributed by atoms with Crippen molar-refractivity contribution in [2.24, 2.45) is 0 Å².